The summed E-state index contributed by atoms with van der Waals surface area (Å²) in [7, 11) is 0. The average molecular weight is 386 g/mol. The van der Waals surface area contributed by atoms with Gasteiger partial charge in [0.25, 0.3) is 0 Å². The number of rotatable bonds is 4. The highest BCUT2D eigenvalue weighted by Crippen LogP contribution is 2.25. The number of carbonyl (C=O) groups is 1. The normalized spacial score (nSPS) is 17.0. The summed E-state index contributed by atoms with van der Waals surface area (Å²) in [5.74, 6) is -1.63. The van der Waals surface area contributed by atoms with Gasteiger partial charge in [-0.3, -0.25) is 9.78 Å². The van der Waals surface area contributed by atoms with Crippen LogP contribution in [0.4, 0.5) is 8.78 Å². The monoisotopic (exact) mass is 385 g/mol. The highest BCUT2D eigenvalue weighted by molar-refractivity contribution is 8.00. The van der Waals surface area contributed by atoms with Gasteiger partial charge in [0.1, 0.15) is 0 Å². The quantitative estimate of drug-likeness (QED) is 0.822. The van der Waals surface area contributed by atoms with Crippen LogP contribution in [0.25, 0.3) is 0 Å². The van der Waals surface area contributed by atoms with E-state index in [2.05, 4.69) is 10.3 Å². The molecule has 1 N–H and O–H groups in total. The maximum Gasteiger partial charge on any atom is 0.233 e. The Morgan fingerprint density at radius 1 is 1.32 bits per heavy atom. The molecule has 1 aromatic carbocycles. The summed E-state index contributed by atoms with van der Waals surface area (Å²) >= 11 is 1.21. The fraction of sp³-hybridized carbons (Fsp3) is 0.294. The van der Waals surface area contributed by atoms with Crippen LogP contribution in [0.2, 0.25) is 0 Å². The van der Waals surface area contributed by atoms with Crippen LogP contribution in [-0.2, 0) is 4.79 Å². The molecule has 1 unspecified atom stereocenters. The van der Waals surface area contributed by atoms with Crippen molar-refractivity contribution < 1.29 is 13.6 Å². The van der Waals surface area contributed by atoms with E-state index >= 15 is 0 Å². The molecule has 0 bridgehead atoms. The van der Waals surface area contributed by atoms with Gasteiger partial charge in [-0.25, -0.2) is 8.78 Å². The van der Waals surface area contributed by atoms with E-state index in [0.29, 0.717) is 18.0 Å². The van der Waals surface area contributed by atoms with Crippen LogP contribution < -0.4 is 5.32 Å². The molecule has 134 valence electrons. The molecule has 1 aliphatic heterocycles. The molecule has 1 atom stereocenters. The SMILES string of the molecule is Cl.O=C(CSc1ccc(F)c(F)c1)N1CCNCC1c1cccnc1. The molecule has 0 spiro atoms. The molecule has 0 saturated carbocycles. The van der Waals surface area contributed by atoms with Crippen molar-refractivity contribution in [1.82, 2.24) is 15.2 Å². The lowest BCUT2D eigenvalue weighted by atomic mass is 10.1. The van der Waals surface area contributed by atoms with E-state index in [1.807, 2.05) is 17.0 Å². The summed E-state index contributed by atoms with van der Waals surface area (Å²) in [6, 6.07) is 7.41. The average Bonchev–Trinajstić information content (AvgIpc) is 2.63. The van der Waals surface area contributed by atoms with Gasteiger partial charge in [0.2, 0.25) is 5.91 Å². The van der Waals surface area contributed by atoms with E-state index in [1.165, 1.54) is 17.8 Å². The highest BCUT2D eigenvalue weighted by atomic mass is 35.5. The van der Waals surface area contributed by atoms with Gasteiger partial charge < -0.3 is 10.2 Å². The Hall–Kier alpha value is -1.70. The Balaban J connectivity index is 0.00000225. The zero-order chi connectivity index (χ0) is 16.9. The number of nitrogens with one attached hydrogen (secondary N) is 1. The van der Waals surface area contributed by atoms with Crippen molar-refractivity contribution in [2.75, 3.05) is 25.4 Å². The Morgan fingerprint density at radius 3 is 2.88 bits per heavy atom. The number of benzene rings is 1. The molecule has 1 amide bonds. The summed E-state index contributed by atoms with van der Waals surface area (Å²) < 4.78 is 26.2. The number of piperazine rings is 1. The van der Waals surface area contributed by atoms with Gasteiger partial charge in [-0.05, 0) is 29.8 Å². The molecule has 1 fully saturated rings. The van der Waals surface area contributed by atoms with Crippen molar-refractivity contribution in [3.63, 3.8) is 0 Å². The molecule has 0 radical (unpaired) electrons. The molecule has 2 aromatic rings. The fourth-order valence-electron chi connectivity index (χ4n) is 2.67. The largest absolute Gasteiger partial charge is 0.332 e. The first-order valence-electron chi connectivity index (χ1n) is 7.63. The van der Waals surface area contributed by atoms with Crippen LogP contribution in [0.15, 0.2) is 47.6 Å². The zero-order valence-electron chi connectivity index (χ0n) is 13.3. The van der Waals surface area contributed by atoms with Crippen LogP contribution >= 0.6 is 24.2 Å². The number of thioether (sulfide) groups is 1. The number of carbonyl (C=O) groups excluding carboxylic acids is 1. The van der Waals surface area contributed by atoms with Gasteiger partial charge >= 0.3 is 0 Å². The first-order chi connectivity index (χ1) is 11.6. The first kappa shape index (κ1) is 19.6. The summed E-state index contributed by atoms with van der Waals surface area (Å²) in [5.41, 5.74) is 0.982. The van der Waals surface area contributed by atoms with Crippen molar-refractivity contribution >= 4 is 30.1 Å². The molecule has 1 aliphatic rings. The van der Waals surface area contributed by atoms with Crippen molar-refractivity contribution in [3.8, 4) is 0 Å². The predicted molar refractivity (Wildman–Crippen MR) is 95.9 cm³/mol. The molecular formula is C17H18ClF2N3OS. The van der Waals surface area contributed by atoms with Crippen LogP contribution in [0.1, 0.15) is 11.6 Å². The maximum atomic E-state index is 13.2. The minimum Gasteiger partial charge on any atom is -0.332 e. The molecule has 2 heterocycles. The zero-order valence-corrected chi connectivity index (χ0v) is 15.0. The van der Waals surface area contributed by atoms with Gasteiger partial charge in [-0.15, -0.1) is 24.2 Å². The second-order valence-electron chi connectivity index (χ2n) is 5.46. The number of aromatic nitrogens is 1. The lowest BCUT2D eigenvalue weighted by Gasteiger charge is -2.36. The van der Waals surface area contributed by atoms with Crippen LogP contribution in [-0.4, -0.2) is 41.2 Å². The summed E-state index contributed by atoms with van der Waals surface area (Å²) in [5, 5.41) is 3.29. The Bertz CT molecular complexity index is 720. The number of halogens is 3. The Labute approximate surface area is 155 Å². The standard InChI is InChI=1S/C17H17F2N3OS.ClH/c18-14-4-3-13(8-15(14)19)24-11-17(23)22-7-6-21-10-16(22)12-2-1-5-20-9-12;/h1-5,8-9,16,21H,6-7,10-11H2;1H. The van der Waals surface area contributed by atoms with E-state index in [4.69, 9.17) is 0 Å². The third-order valence-electron chi connectivity index (χ3n) is 3.89. The number of amides is 1. The predicted octanol–water partition coefficient (Wildman–Crippen LogP) is 3.05. The topological polar surface area (TPSA) is 45.2 Å². The van der Waals surface area contributed by atoms with Gasteiger partial charge in [-0.1, -0.05) is 6.07 Å². The second-order valence-corrected chi connectivity index (χ2v) is 6.51. The number of hydrogen-bond donors (Lipinski definition) is 1. The molecule has 25 heavy (non-hydrogen) atoms. The van der Waals surface area contributed by atoms with Gasteiger partial charge in [0.15, 0.2) is 11.6 Å². The smallest absolute Gasteiger partial charge is 0.233 e. The van der Waals surface area contributed by atoms with Gasteiger partial charge in [0.05, 0.1) is 11.8 Å². The summed E-state index contributed by atoms with van der Waals surface area (Å²) in [6.07, 6.45) is 3.46. The van der Waals surface area contributed by atoms with Crippen molar-refractivity contribution in [2.24, 2.45) is 0 Å². The van der Waals surface area contributed by atoms with E-state index < -0.39 is 11.6 Å². The van der Waals surface area contributed by atoms with E-state index in [-0.39, 0.29) is 30.1 Å². The minimum absolute atomic E-state index is 0. The summed E-state index contributed by atoms with van der Waals surface area (Å²) in [4.78, 5) is 19.1. The summed E-state index contributed by atoms with van der Waals surface area (Å²) in [6.45, 7) is 2.02. The first-order valence-corrected chi connectivity index (χ1v) is 8.61. The van der Waals surface area contributed by atoms with Crippen LogP contribution in [0.5, 0.6) is 0 Å². The van der Waals surface area contributed by atoms with Crippen LogP contribution in [0.3, 0.4) is 0 Å². The number of nitrogens with zero attached hydrogens (tertiary/aromatic N) is 2. The van der Waals surface area contributed by atoms with Gasteiger partial charge in [-0.2, -0.15) is 0 Å². The Kier molecular flexibility index (Phi) is 7.16. The van der Waals surface area contributed by atoms with Crippen molar-refractivity contribution in [3.05, 3.63) is 59.9 Å². The van der Waals surface area contributed by atoms with Crippen molar-refractivity contribution in [1.29, 1.82) is 0 Å². The van der Waals surface area contributed by atoms with Gasteiger partial charge in [0, 0.05) is 36.9 Å². The van der Waals surface area contributed by atoms with E-state index in [9.17, 15) is 13.6 Å². The fourth-order valence-corrected chi connectivity index (χ4v) is 3.48. The maximum absolute atomic E-state index is 13.2. The highest BCUT2D eigenvalue weighted by Gasteiger charge is 2.27. The lowest BCUT2D eigenvalue weighted by molar-refractivity contribution is -0.131. The van der Waals surface area contributed by atoms with Crippen LogP contribution in [0, 0.1) is 11.6 Å². The Morgan fingerprint density at radius 2 is 2.16 bits per heavy atom. The molecule has 8 heteroatoms. The number of pyridine rings is 1. The number of hydrogen-bond acceptors (Lipinski definition) is 4. The lowest BCUT2D eigenvalue weighted by Crippen LogP contribution is -2.49. The molecule has 1 saturated heterocycles. The molecule has 3 rings (SSSR count). The third kappa shape index (κ3) is 4.90. The molecule has 4 nitrogen and oxygen atoms in total. The second kappa shape index (κ2) is 9.12. The molecule has 0 aliphatic carbocycles. The van der Waals surface area contributed by atoms with E-state index in [1.54, 1.807) is 12.4 Å². The third-order valence-corrected chi connectivity index (χ3v) is 4.86. The van der Waals surface area contributed by atoms with Crippen molar-refractivity contribution in [2.45, 2.75) is 10.9 Å². The molecular weight excluding hydrogens is 368 g/mol. The minimum atomic E-state index is -0.900. The molecule has 1 aromatic heterocycles. The van der Waals surface area contributed by atoms with E-state index in [0.717, 1.165) is 24.2 Å².